The Morgan fingerprint density at radius 1 is 1.18 bits per heavy atom. The highest BCUT2D eigenvalue weighted by Gasteiger charge is 2.24. The second-order valence-corrected chi connectivity index (χ2v) is 6.00. The first-order chi connectivity index (χ1) is 10.4. The molecule has 1 amide bonds. The zero-order chi connectivity index (χ0) is 16.5. The summed E-state index contributed by atoms with van der Waals surface area (Å²) in [6.07, 6.45) is 0.804. The monoisotopic (exact) mass is 306 g/mol. The molecule has 0 heterocycles. The molecule has 0 aromatic heterocycles. The first kappa shape index (κ1) is 18.2. The van der Waals surface area contributed by atoms with Crippen LogP contribution in [0.3, 0.4) is 0 Å². The van der Waals surface area contributed by atoms with Crippen LogP contribution < -0.4 is 5.32 Å². The summed E-state index contributed by atoms with van der Waals surface area (Å²) in [5.74, 6) is -0.162. The Morgan fingerprint density at radius 3 is 2.36 bits per heavy atom. The molecule has 5 heteroatoms. The molecular formula is C17H26N2O3. The van der Waals surface area contributed by atoms with Crippen molar-refractivity contribution in [3.63, 3.8) is 0 Å². The van der Waals surface area contributed by atoms with E-state index in [0.29, 0.717) is 12.5 Å². The molecule has 5 nitrogen and oxygen atoms in total. The summed E-state index contributed by atoms with van der Waals surface area (Å²) in [6.45, 7) is 4.73. The molecule has 0 aliphatic heterocycles. The third-order valence-corrected chi connectivity index (χ3v) is 3.07. The quantitative estimate of drug-likeness (QED) is 0.746. The molecule has 0 aliphatic carbocycles. The van der Waals surface area contributed by atoms with Gasteiger partial charge in [-0.05, 0) is 32.0 Å². The molecule has 1 N–H and O–H groups in total. The molecule has 0 aliphatic rings. The number of nitrogens with zero attached hydrogens (tertiary/aromatic N) is 1. The van der Waals surface area contributed by atoms with Crippen molar-refractivity contribution in [3.8, 4) is 0 Å². The van der Waals surface area contributed by atoms with Crippen LogP contribution in [0.25, 0.3) is 0 Å². The van der Waals surface area contributed by atoms with Gasteiger partial charge in [0.05, 0.1) is 13.2 Å². The van der Waals surface area contributed by atoms with Gasteiger partial charge in [0.15, 0.2) is 6.04 Å². The summed E-state index contributed by atoms with van der Waals surface area (Å²) in [6, 6.07) is 8.39. The lowest BCUT2D eigenvalue weighted by atomic mass is 10.1. The predicted octanol–water partition coefficient (Wildman–Crippen LogP) is 1.99. The number of carbonyl (C=O) groups is 2. The van der Waals surface area contributed by atoms with E-state index in [4.69, 9.17) is 4.74 Å². The summed E-state index contributed by atoms with van der Waals surface area (Å²) in [5.41, 5.74) is 0.726. The topological polar surface area (TPSA) is 58.6 Å². The number of benzene rings is 1. The zero-order valence-electron chi connectivity index (χ0n) is 13.8. The first-order valence-corrected chi connectivity index (χ1v) is 7.55. The molecule has 0 fully saturated rings. The van der Waals surface area contributed by atoms with Crippen molar-refractivity contribution in [1.82, 2.24) is 10.2 Å². The molecule has 0 spiro atoms. The molecule has 122 valence electrons. The van der Waals surface area contributed by atoms with Crippen LogP contribution >= 0.6 is 0 Å². The number of amides is 1. The Kier molecular flexibility index (Phi) is 7.60. The minimum Gasteiger partial charge on any atom is -0.464 e. The Morgan fingerprint density at radius 2 is 1.82 bits per heavy atom. The fourth-order valence-corrected chi connectivity index (χ4v) is 1.90. The second-order valence-electron chi connectivity index (χ2n) is 6.00. The molecule has 1 atom stereocenters. The average molecular weight is 306 g/mol. The summed E-state index contributed by atoms with van der Waals surface area (Å²) in [4.78, 5) is 26.0. The highest BCUT2D eigenvalue weighted by molar-refractivity contribution is 5.86. The van der Waals surface area contributed by atoms with Gasteiger partial charge in [0.25, 0.3) is 0 Å². The van der Waals surface area contributed by atoms with Gasteiger partial charge in [0.1, 0.15) is 0 Å². The van der Waals surface area contributed by atoms with Crippen molar-refractivity contribution < 1.29 is 14.3 Å². The van der Waals surface area contributed by atoms with E-state index >= 15 is 0 Å². The first-order valence-electron chi connectivity index (χ1n) is 7.55. The molecule has 22 heavy (non-hydrogen) atoms. The van der Waals surface area contributed by atoms with Crippen LogP contribution in [-0.4, -0.2) is 44.0 Å². The van der Waals surface area contributed by atoms with Crippen molar-refractivity contribution in [2.75, 3.05) is 27.2 Å². The molecule has 1 rings (SSSR count). The number of likely N-dealkylation sites (N-methyl/N-ethyl adjacent to an activating group) is 1. The van der Waals surface area contributed by atoms with Gasteiger partial charge < -0.3 is 15.0 Å². The molecule has 0 bridgehead atoms. The van der Waals surface area contributed by atoms with Gasteiger partial charge in [-0.3, -0.25) is 4.79 Å². The standard InChI is InChI=1S/C17H26N2O3/c1-13(2)10-11-22-17(21)16(14-8-6-5-7-9-14)18-15(20)12-19(3)4/h5-9,13,16H,10-12H2,1-4H3,(H,18,20)/t16-/m0/s1. The number of esters is 1. The fourth-order valence-electron chi connectivity index (χ4n) is 1.90. The maximum atomic E-state index is 12.3. The summed E-state index contributed by atoms with van der Waals surface area (Å²) >= 11 is 0. The number of ether oxygens (including phenoxy) is 1. The Labute approximate surface area is 132 Å². The molecule has 0 saturated heterocycles. The SMILES string of the molecule is CC(C)CCOC(=O)[C@@H](NC(=O)CN(C)C)c1ccccc1. The molecule has 0 radical (unpaired) electrons. The van der Waals surface area contributed by atoms with Gasteiger partial charge >= 0.3 is 5.97 Å². The van der Waals surface area contributed by atoms with Crippen molar-refractivity contribution in [2.45, 2.75) is 26.3 Å². The van der Waals surface area contributed by atoms with E-state index in [-0.39, 0.29) is 12.5 Å². The lowest BCUT2D eigenvalue weighted by Gasteiger charge is -2.19. The summed E-state index contributed by atoms with van der Waals surface area (Å²) < 4.78 is 5.31. The van der Waals surface area contributed by atoms with Gasteiger partial charge in [-0.15, -0.1) is 0 Å². The highest BCUT2D eigenvalue weighted by atomic mass is 16.5. The van der Waals surface area contributed by atoms with E-state index in [0.717, 1.165) is 12.0 Å². The van der Waals surface area contributed by atoms with Crippen molar-refractivity contribution >= 4 is 11.9 Å². The van der Waals surface area contributed by atoms with Gasteiger partial charge in [0, 0.05) is 0 Å². The smallest absolute Gasteiger partial charge is 0.333 e. The van der Waals surface area contributed by atoms with Crippen molar-refractivity contribution in [3.05, 3.63) is 35.9 Å². The third kappa shape index (κ3) is 6.72. The Hall–Kier alpha value is -1.88. The van der Waals surface area contributed by atoms with Crippen LogP contribution in [-0.2, 0) is 14.3 Å². The Balaban J connectivity index is 2.74. The van der Waals surface area contributed by atoms with E-state index in [9.17, 15) is 9.59 Å². The number of hydrogen-bond donors (Lipinski definition) is 1. The predicted molar refractivity (Wildman–Crippen MR) is 86.3 cm³/mol. The largest absolute Gasteiger partial charge is 0.464 e. The molecule has 0 unspecified atom stereocenters. The van der Waals surface area contributed by atoms with Crippen LogP contribution in [0.5, 0.6) is 0 Å². The van der Waals surface area contributed by atoms with Crippen LogP contribution in [0.15, 0.2) is 30.3 Å². The lowest BCUT2D eigenvalue weighted by Crippen LogP contribution is -2.39. The van der Waals surface area contributed by atoms with Crippen LogP contribution in [0.4, 0.5) is 0 Å². The fraction of sp³-hybridized carbons (Fsp3) is 0.529. The maximum Gasteiger partial charge on any atom is 0.333 e. The maximum absolute atomic E-state index is 12.3. The van der Waals surface area contributed by atoms with Crippen LogP contribution in [0.1, 0.15) is 31.9 Å². The number of hydrogen-bond acceptors (Lipinski definition) is 4. The molecule has 0 saturated carbocycles. The van der Waals surface area contributed by atoms with E-state index in [2.05, 4.69) is 19.2 Å². The Bertz CT molecular complexity index is 472. The average Bonchev–Trinajstić information content (AvgIpc) is 2.44. The van der Waals surface area contributed by atoms with Crippen LogP contribution in [0.2, 0.25) is 0 Å². The number of carbonyl (C=O) groups excluding carboxylic acids is 2. The van der Waals surface area contributed by atoms with Gasteiger partial charge in [-0.2, -0.15) is 0 Å². The lowest BCUT2D eigenvalue weighted by molar-refractivity contribution is -0.148. The zero-order valence-corrected chi connectivity index (χ0v) is 13.8. The molecular weight excluding hydrogens is 280 g/mol. The summed E-state index contributed by atoms with van der Waals surface area (Å²) in [7, 11) is 3.61. The van der Waals surface area contributed by atoms with Gasteiger partial charge in [-0.1, -0.05) is 44.2 Å². The van der Waals surface area contributed by atoms with E-state index in [1.807, 2.05) is 30.3 Å². The normalized spacial score (nSPS) is 12.3. The van der Waals surface area contributed by atoms with Crippen LogP contribution in [0, 0.1) is 5.92 Å². The minimum atomic E-state index is -0.763. The van der Waals surface area contributed by atoms with E-state index < -0.39 is 12.0 Å². The molecule has 1 aromatic rings. The number of nitrogens with one attached hydrogen (secondary N) is 1. The van der Waals surface area contributed by atoms with Gasteiger partial charge in [0.2, 0.25) is 5.91 Å². The minimum absolute atomic E-state index is 0.209. The number of rotatable bonds is 8. The summed E-state index contributed by atoms with van der Waals surface area (Å²) in [5, 5.41) is 2.75. The van der Waals surface area contributed by atoms with Crippen molar-refractivity contribution in [1.29, 1.82) is 0 Å². The van der Waals surface area contributed by atoms with Gasteiger partial charge in [-0.25, -0.2) is 4.79 Å². The second kappa shape index (κ2) is 9.20. The third-order valence-electron chi connectivity index (χ3n) is 3.07. The van der Waals surface area contributed by atoms with Crippen molar-refractivity contribution in [2.24, 2.45) is 5.92 Å². The highest BCUT2D eigenvalue weighted by Crippen LogP contribution is 2.15. The molecule has 1 aromatic carbocycles. The van der Waals surface area contributed by atoms with E-state index in [1.54, 1.807) is 19.0 Å². The van der Waals surface area contributed by atoms with E-state index in [1.165, 1.54) is 0 Å².